The molecule has 0 aromatic carbocycles. The van der Waals surface area contributed by atoms with Crippen molar-refractivity contribution >= 4 is 34.2 Å². The first-order chi connectivity index (χ1) is 23.2. The summed E-state index contributed by atoms with van der Waals surface area (Å²) in [6, 6.07) is 0. The highest BCUT2D eigenvalue weighted by molar-refractivity contribution is 5.75. The summed E-state index contributed by atoms with van der Waals surface area (Å²) in [6.07, 6.45) is 15.4. The number of fused-ring (bicyclic) bond motifs is 2. The summed E-state index contributed by atoms with van der Waals surface area (Å²) in [6.45, 7) is 5.10. The Bertz CT molecular complexity index is 1850. The Morgan fingerprint density at radius 1 is 0.458 bits per heavy atom. The van der Waals surface area contributed by atoms with E-state index in [-0.39, 0.29) is 22.5 Å². The summed E-state index contributed by atoms with van der Waals surface area (Å²) in [5, 5.41) is 0. The molecule has 4 aromatic heterocycles. The fourth-order valence-corrected chi connectivity index (χ4v) is 7.56. The first-order valence-corrected chi connectivity index (χ1v) is 18.0. The zero-order valence-electron chi connectivity index (χ0n) is 29.2. The van der Waals surface area contributed by atoms with Gasteiger partial charge in [-0.25, -0.2) is 9.59 Å². The van der Waals surface area contributed by atoms with Crippen molar-refractivity contribution in [3.05, 3.63) is 41.7 Å². The standard InChI is InChI=1S/C34H52N10O4/c1-37-27-25(29(45)39(3)33(37)47)43(31(35-27)41-19-13-11-14-20-41)23-17-9-7-5-6-8-10-18-24-44-26-28(38(2)34(48)40(4)30(26)46)36-32(44)42-21-15-12-16-22-42/h5-24H2,1-4H3. The summed E-state index contributed by atoms with van der Waals surface area (Å²) in [7, 11) is 6.46. The lowest BCUT2D eigenvalue weighted by Crippen LogP contribution is -2.37. The van der Waals surface area contributed by atoms with Crippen LogP contribution in [0.15, 0.2) is 19.2 Å². The van der Waals surface area contributed by atoms with Gasteiger partial charge in [0.2, 0.25) is 11.9 Å². The van der Waals surface area contributed by atoms with Crippen LogP contribution in [0.2, 0.25) is 0 Å². The topological polar surface area (TPSA) is 130 Å². The number of anilines is 2. The Morgan fingerprint density at radius 2 is 0.792 bits per heavy atom. The van der Waals surface area contributed by atoms with Crippen LogP contribution in [0.5, 0.6) is 0 Å². The molecule has 2 aliphatic heterocycles. The molecule has 0 atom stereocenters. The second kappa shape index (κ2) is 14.6. The number of aryl methyl sites for hydroxylation is 4. The van der Waals surface area contributed by atoms with E-state index in [9.17, 15) is 19.2 Å². The average molecular weight is 665 g/mol. The molecule has 0 saturated carbocycles. The Kier molecular flexibility index (Phi) is 10.3. The Morgan fingerprint density at radius 3 is 1.15 bits per heavy atom. The fourth-order valence-electron chi connectivity index (χ4n) is 7.56. The van der Waals surface area contributed by atoms with E-state index in [4.69, 9.17) is 9.97 Å². The molecule has 0 unspecified atom stereocenters. The largest absolute Gasteiger partial charge is 0.342 e. The van der Waals surface area contributed by atoms with E-state index in [0.29, 0.717) is 35.4 Å². The second-order valence-corrected chi connectivity index (χ2v) is 13.8. The van der Waals surface area contributed by atoms with Crippen molar-refractivity contribution in [2.24, 2.45) is 28.2 Å². The van der Waals surface area contributed by atoms with Gasteiger partial charge in [-0.15, -0.1) is 0 Å². The first-order valence-electron chi connectivity index (χ1n) is 18.0. The molecular formula is C34H52N10O4. The van der Waals surface area contributed by atoms with Gasteiger partial charge in [-0.05, 0) is 51.4 Å². The number of rotatable bonds is 13. The molecule has 2 fully saturated rings. The van der Waals surface area contributed by atoms with Gasteiger partial charge in [0.25, 0.3) is 11.1 Å². The molecule has 0 N–H and O–H groups in total. The van der Waals surface area contributed by atoms with E-state index in [1.54, 1.807) is 14.1 Å². The van der Waals surface area contributed by atoms with Crippen molar-refractivity contribution in [3.8, 4) is 0 Å². The Labute approximate surface area is 280 Å². The zero-order valence-corrected chi connectivity index (χ0v) is 29.2. The molecule has 0 amide bonds. The minimum atomic E-state index is -0.348. The second-order valence-electron chi connectivity index (χ2n) is 13.8. The highest BCUT2D eigenvalue weighted by Crippen LogP contribution is 2.26. The lowest BCUT2D eigenvalue weighted by Gasteiger charge is -2.28. The number of unbranched alkanes of at least 4 members (excludes halogenated alkanes) is 7. The molecule has 14 heteroatoms. The van der Waals surface area contributed by atoms with Gasteiger partial charge >= 0.3 is 11.4 Å². The summed E-state index contributed by atoms with van der Waals surface area (Å²) in [5.74, 6) is 1.63. The highest BCUT2D eigenvalue weighted by Gasteiger charge is 2.25. The van der Waals surface area contributed by atoms with E-state index < -0.39 is 0 Å². The maximum Gasteiger partial charge on any atom is 0.332 e. The number of nitrogens with zero attached hydrogens (tertiary/aromatic N) is 10. The molecule has 2 aliphatic rings. The van der Waals surface area contributed by atoms with Gasteiger partial charge in [0.05, 0.1) is 0 Å². The van der Waals surface area contributed by atoms with Crippen LogP contribution in [0.4, 0.5) is 11.9 Å². The van der Waals surface area contributed by atoms with E-state index in [1.807, 2.05) is 0 Å². The molecule has 0 radical (unpaired) electrons. The molecule has 0 bridgehead atoms. The lowest BCUT2D eigenvalue weighted by molar-refractivity contribution is 0.516. The van der Waals surface area contributed by atoms with Gasteiger partial charge in [0, 0.05) is 67.5 Å². The van der Waals surface area contributed by atoms with E-state index >= 15 is 0 Å². The third kappa shape index (κ3) is 6.37. The van der Waals surface area contributed by atoms with Crippen LogP contribution in [0.1, 0.15) is 89.9 Å². The van der Waals surface area contributed by atoms with Crippen LogP contribution >= 0.6 is 0 Å². The fraction of sp³-hybridized carbons (Fsp3) is 0.706. The SMILES string of the molecule is Cn1c(=O)c2c(nc(N3CCCCC3)n2CCCCCCCCCCn2c(N3CCCCC3)nc3c2c(=O)n(C)c(=O)n3C)n(C)c1=O. The predicted octanol–water partition coefficient (Wildman–Crippen LogP) is 2.98. The molecule has 2 saturated heterocycles. The monoisotopic (exact) mass is 664 g/mol. The van der Waals surface area contributed by atoms with Crippen molar-refractivity contribution in [3.63, 3.8) is 0 Å². The van der Waals surface area contributed by atoms with Crippen LogP contribution in [0.3, 0.4) is 0 Å². The highest BCUT2D eigenvalue weighted by atomic mass is 16.2. The normalized spacial score (nSPS) is 15.8. The molecule has 48 heavy (non-hydrogen) atoms. The zero-order chi connectivity index (χ0) is 33.9. The molecule has 6 rings (SSSR count). The van der Waals surface area contributed by atoms with Gasteiger partial charge in [0.15, 0.2) is 22.3 Å². The first kappa shape index (κ1) is 33.8. The number of hydrogen-bond acceptors (Lipinski definition) is 8. The summed E-state index contributed by atoms with van der Waals surface area (Å²) in [5.41, 5.74) is 0.738. The third-order valence-electron chi connectivity index (χ3n) is 10.4. The van der Waals surface area contributed by atoms with Crippen molar-refractivity contribution in [1.29, 1.82) is 0 Å². The van der Waals surface area contributed by atoms with Crippen molar-refractivity contribution < 1.29 is 0 Å². The maximum atomic E-state index is 13.2. The van der Waals surface area contributed by atoms with Crippen LogP contribution in [-0.2, 0) is 41.3 Å². The van der Waals surface area contributed by atoms with E-state index in [0.717, 1.165) is 115 Å². The van der Waals surface area contributed by atoms with Crippen molar-refractivity contribution in [2.75, 3.05) is 36.0 Å². The molecular weight excluding hydrogens is 612 g/mol. The predicted molar refractivity (Wildman–Crippen MR) is 189 cm³/mol. The van der Waals surface area contributed by atoms with Crippen LogP contribution in [0, 0.1) is 0 Å². The minimum Gasteiger partial charge on any atom is -0.342 e. The maximum absolute atomic E-state index is 13.2. The van der Waals surface area contributed by atoms with Crippen molar-refractivity contribution in [2.45, 2.75) is 103 Å². The molecule has 0 spiro atoms. The lowest BCUT2D eigenvalue weighted by atomic mass is 10.1. The molecule has 6 heterocycles. The number of hydrogen-bond donors (Lipinski definition) is 0. The summed E-state index contributed by atoms with van der Waals surface area (Å²) >= 11 is 0. The molecule has 262 valence electrons. The average Bonchev–Trinajstić information content (AvgIpc) is 3.69. The van der Waals surface area contributed by atoms with Gasteiger partial charge in [-0.3, -0.25) is 27.9 Å². The van der Waals surface area contributed by atoms with Gasteiger partial charge in [-0.2, -0.15) is 9.97 Å². The Balaban J connectivity index is 1.02. The van der Waals surface area contributed by atoms with Gasteiger partial charge in [0.1, 0.15) is 0 Å². The Hall–Kier alpha value is -4.10. The summed E-state index contributed by atoms with van der Waals surface area (Å²) < 4.78 is 9.48. The van der Waals surface area contributed by atoms with Crippen LogP contribution in [-0.4, -0.2) is 63.5 Å². The third-order valence-corrected chi connectivity index (χ3v) is 10.4. The number of piperidine rings is 2. The molecule has 4 aromatic rings. The van der Waals surface area contributed by atoms with E-state index in [2.05, 4.69) is 18.9 Å². The minimum absolute atomic E-state index is 0.278. The van der Waals surface area contributed by atoms with Crippen LogP contribution < -0.4 is 32.3 Å². The van der Waals surface area contributed by atoms with Gasteiger partial charge < -0.3 is 18.9 Å². The number of aromatic nitrogens is 8. The van der Waals surface area contributed by atoms with E-state index in [1.165, 1.54) is 45.2 Å². The quantitative estimate of drug-likeness (QED) is 0.200. The van der Waals surface area contributed by atoms with Crippen molar-refractivity contribution in [1.82, 2.24) is 37.4 Å². The molecule has 0 aliphatic carbocycles. The van der Waals surface area contributed by atoms with Gasteiger partial charge in [-0.1, -0.05) is 38.5 Å². The van der Waals surface area contributed by atoms with Crippen LogP contribution in [0.25, 0.3) is 22.3 Å². The summed E-state index contributed by atoms with van der Waals surface area (Å²) in [4.78, 5) is 65.8. The smallest absolute Gasteiger partial charge is 0.332 e. The molecule has 14 nitrogen and oxygen atoms in total. The number of imidazole rings is 2.